The van der Waals surface area contributed by atoms with Gasteiger partial charge in [0.25, 0.3) is 0 Å². The van der Waals surface area contributed by atoms with Crippen molar-refractivity contribution in [3.05, 3.63) is 21.4 Å². The highest BCUT2D eigenvalue weighted by atomic mass is 32.1. The van der Waals surface area contributed by atoms with Gasteiger partial charge in [-0.3, -0.25) is 0 Å². The molecular weight excluding hydrogens is 184 g/mol. The van der Waals surface area contributed by atoms with Gasteiger partial charge in [0.05, 0.1) is 0 Å². The molecule has 0 saturated heterocycles. The topological polar surface area (TPSA) is 37.3 Å². The summed E-state index contributed by atoms with van der Waals surface area (Å²) in [5.74, 6) is -0.0696. The summed E-state index contributed by atoms with van der Waals surface area (Å²) in [6.45, 7) is 2.23. The largest absolute Gasteiger partial charge is 0.477 e. The number of aryl methyl sites for hydroxylation is 1. The summed E-state index contributed by atoms with van der Waals surface area (Å²) in [6, 6.07) is 1.84. The molecule has 1 aliphatic carbocycles. The molecule has 1 atom stereocenters. The van der Waals surface area contributed by atoms with E-state index < -0.39 is 5.97 Å². The maximum Gasteiger partial charge on any atom is 0.345 e. The average molecular weight is 196 g/mol. The van der Waals surface area contributed by atoms with Crippen molar-refractivity contribution >= 4 is 17.3 Å². The van der Waals surface area contributed by atoms with Gasteiger partial charge in [0.2, 0.25) is 0 Å². The van der Waals surface area contributed by atoms with Gasteiger partial charge in [0, 0.05) is 4.88 Å². The van der Waals surface area contributed by atoms with Crippen LogP contribution in [-0.2, 0) is 12.8 Å². The van der Waals surface area contributed by atoms with Gasteiger partial charge in [-0.25, -0.2) is 4.79 Å². The van der Waals surface area contributed by atoms with Crippen molar-refractivity contribution < 1.29 is 9.90 Å². The Morgan fingerprint density at radius 3 is 3.15 bits per heavy atom. The lowest BCUT2D eigenvalue weighted by Crippen LogP contribution is -2.07. The second kappa shape index (κ2) is 3.14. The molecule has 0 unspecified atom stereocenters. The van der Waals surface area contributed by atoms with Crippen molar-refractivity contribution in [1.29, 1.82) is 0 Å². The fraction of sp³-hybridized carbons (Fsp3) is 0.500. The molecule has 0 amide bonds. The third-order valence-electron chi connectivity index (χ3n) is 2.55. The maximum absolute atomic E-state index is 10.7. The van der Waals surface area contributed by atoms with Crippen LogP contribution in [0.4, 0.5) is 0 Å². The van der Waals surface area contributed by atoms with Crippen LogP contribution in [0.15, 0.2) is 6.07 Å². The zero-order valence-corrected chi connectivity index (χ0v) is 8.36. The van der Waals surface area contributed by atoms with Crippen molar-refractivity contribution in [3.63, 3.8) is 0 Å². The van der Waals surface area contributed by atoms with Crippen LogP contribution in [-0.4, -0.2) is 11.1 Å². The summed E-state index contributed by atoms with van der Waals surface area (Å²) in [5.41, 5.74) is 1.26. The van der Waals surface area contributed by atoms with E-state index in [1.54, 1.807) is 0 Å². The first-order chi connectivity index (χ1) is 6.16. The molecule has 1 heterocycles. The number of hydrogen-bond acceptors (Lipinski definition) is 2. The molecule has 0 saturated carbocycles. The van der Waals surface area contributed by atoms with Crippen LogP contribution >= 0.6 is 11.3 Å². The lowest BCUT2D eigenvalue weighted by molar-refractivity contribution is 0.0702. The van der Waals surface area contributed by atoms with E-state index in [4.69, 9.17) is 5.11 Å². The lowest BCUT2D eigenvalue weighted by atomic mass is 9.90. The van der Waals surface area contributed by atoms with E-state index in [2.05, 4.69) is 6.92 Å². The van der Waals surface area contributed by atoms with Gasteiger partial charge in [0.1, 0.15) is 4.88 Å². The van der Waals surface area contributed by atoms with E-state index in [1.807, 2.05) is 6.07 Å². The molecule has 70 valence electrons. The molecule has 1 N–H and O–H groups in total. The maximum atomic E-state index is 10.7. The third kappa shape index (κ3) is 1.61. The Balaban J connectivity index is 2.33. The van der Waals surface area contributed by atoms with E-state index in [-0.39, 0.29) is 0 Å². The third-order valence-corrected chi connectivity index (χ3v) is 3.74. The average Bonchev–Trinajstić information content (AvgIpc) is 2.46. The molecule has 0 fully saturated rings. The van der Waals surface area contributed by atoms with Crippen molar-refractivity contribution in [2.45, 2.75) is 26.2 Å². The summed E-state index contributed by atoms with van der Waals surface area (Å²) in [7, 11) is 0. The first kappa shape index (κ1) is 8.75. The molecule has 0 aromatic carbocycles. The van der Waals surface area contributed by atoms with Crippen molar-refractivity contribution in [1.82, 2.24) is 0 Å². The minimum absolute atomic E-state index is 0.499. The van der Waals surface area contributed by atoms with Crippen LogP contribution < -0.4 is 0 Å². The molecule has 2 rings (SSSR count). The Kier molecular flexibility index (Phi) is 2.12. The van der Waals surface area contributed by atoms with E-state index in [0.29, 0.717) is 10.8 Å². The molecule has 3 heteroatoms. The van der Waals surface area contributed by atoms with Crippen LogP contribution in [0, 0.1) is 5.92 Å². The van der Waals surface area contributed by atoms with E-state index in [9.17, 15) is 4.79 Å². The van der Waals surface area contributed by atoms with Crippen molar-refractivity contribution in [3.8, 4) is 0 Å². The minimum atomic E-state index is -0.785. The number of carboxylic acids is 1. The molecule has 13 heavy (non-hydrogen) atoms. The number of hydrogen-bond donors (Lipinski definition) is 1. The predicted molar refractivity (Wildman–Crippen MR) is 52.5 cm³/mol. The zero-order valence-electron chi connectivity index (χ0n) is 7.54. The smallest absolute Gasteiger partial charge is 0.345 e. The summed E-state index contributed by atoms with van der Waals surface area (Å²) in [4.78, 5) is 12.5. The molecule has 0 bridgehead atoms. The number of rotatable bonds is 1. The molecule has 0 aliphatic heterocycles. The molecule has 0 radical (unpaired) electrons. The van der Waals surface area contributed by atoms with Gasteiger partial charge in [0.15, 0.2) is 0 Å². The highest BCUT2D eigenvalue weighted by molar-refractivity contribution is 7.14. The molecule has 1 aromatic rings. The number of fused-ring (bicyclic) bond motifs is 1. The second-order valence-corrected chi connectivity index (χ2v) is 4.85. The van der Waals surface area contributed by atoms with Gasteiger partial charge in [-0.1, -0.05) is 6.92 Å². The van der Waals surface area contributed by atoms with Gasteiger partial charge in [-0.05, 0) is 36.8 Å². The molecular formula is C10H12O2S. The molecule has 2 nitrogen and oxygen atoms in total. The van der Waals surface area contributed by atoms with Crippen LogP contribution in [0.2, 0.25) is 0 Å². The summed E-state index contributed by atoms with van der Waals surface area (Å²) in [5, 5.41) is 8.81. The van der Waals surface area contributed by atoms with E-state index in [0.717, 1.165) is 12.8 Å². The number of thiophene rings is 1. The summed E-state index contributed by atoms with van der Waals surface area (Å²) in [6.07, 6.45) is 3.32. The van der Waals surface area contributed by atoms with Gasteiger partial charge in [-0.2, -0.15) is 0 Å². The lowest BCUT2D eigenvalue weighted by Gasteiger charge is -2.16. The Morgan fingerprint density at radius 2 is 2.46 bits per heavy atom. The van der Waals surface area contributed by atoms with Crippen LogP contribution in [0.25, 0.3) is 0 Å². The highest BCUT2D eigenvalue weighted by Crippen LogP contribution is 2.32. The first-order valence-corrected chi connectivity index (χ1v) is 5.33. The molecule has 0 spiro atoms. The van der Waals surface area contributed by atoms with Crippen LogP contribution in [0.1, 0.15) is 33.5 Å². The number of aromatic carboxylic acids is 1. The normalized spacial score (nSPS) is 21.2. The van der Waals surface area contributed by atoms with E-state index in [1.165, 1.54) is 28.2 Å². The van der Waals surface area contributed by atoms with Crippen LogP contribution in [0.5, 0.6) is 0 Å². The highest BCUT2D eigenvalue weighted by Gasteiger charge is 2.19. The first-order valence-electron chi connectivity index (χ1n) is 4.51. The van der Waals surface area contributed by atoms with Gasteiger partial charge >= 0.3 is 5.97 Å². The second-order valence-electron chi connectivity index (χ2n) is 3.71. The quantitative estimate of drug-likeness (QED) is 0.749. The van der Waals surface area contributed by atoms with E-state index >= 15 is 0 Å². The fourth-order valence-corrected chi connectivity index (χ4v) is 2.99. The Morgan fingerprint density at radius 1 is 1.69 bits per heavy atom. The monoisotopic (exact) mass is 196 g/mol. The van der Waals surface area contributed by atoms with Crippen LogP contribution in [0.3, 0.4) is 0 Å². The fourth-order valence-electron chi connectivity index (χ4n) is 1.78. The van der Waals surface area contributed by atoms with Gasteiger partial charge < -0.3 is 5.11 Å². The number of carboxylic acid groups (broad SMARTS) is 1. The SMILES string of the molecule is C[C@H]1CCc2cc(C(=O)O)sc2C1. The minimum Gasteiger partial charge on any atom is -0.477 e. The predicted octanol–water partition coefficient (Wildman–Crippen LogP) is 2.57. The Hall–Kier alpha value is -0.830. The Labute approximate surface area is 81.2 Å². The zero-order chi connectivity index (χ0) is 9.42. The standard InChI is InChI=1S/C10H12O2S/c1-6-2-3-7-5-9(10(11)12)13-8(7)4-6/h5-6H,2-4H2,1H3,(H,11,12)/t6-/m0/s1. The van der Waals surface area contributed by atoms with Gasteiger partial charge in [-0.15, -0.1) is 11.3 Å². The van der Waals surface area contributed by atoms with Crippen molar-refractivity contribution in [2.75, 3.05) is 0 Å². The number of carbonyl (C=O) groups is 1. The Bertz CT molecular complexity index is 341. The summed E-state index contributed by atoms with van der Waals surface area (Å²) >= 11 is 1.45. The summed E-state index contributed by atoms with van der Waals surface area (Å²) < 4.78 is 0. The molecule has 1 aromatic heterocycles. The van der Waals surface area contributed by atoms with Crippen molar-refractivity contribution in [2.24, 2.45) is 5.92 Å². The molecule has 1 aliphatic rings.